The minimum Gasteiger partial charge on any atom is -0.309 e. The summed E-state index contributed by atoms with van der Waals surface area (Å²) < 4.78 is 0. The summed E-state index contributed by atoms with van der Waals surface area (Å²) in [5, 5.41) is 7.72. The smallest absolute Gasteiger partial charge is 0.0618 e. The second kappa shape index (κ2) is 16.3. The fraction of sp³-hybridized carbons (Fsp3) is 0. The van der Waals surface area contributed by atoms with Crippen molar-refractivity contribution in [2.45, 2.75) is 0 Å². The monoisotopic (exact) mass is 825 g/mol. The molecule has 0 aliphatic rings. The van der Waals surface area contributed by atoms with E-state index in [-0.39, 0.29) is 0 Å². The van der Waals surface area contributed by atoms with Crippen molar-refractivity contribution >= 4 is 49.4 Å². The summed E-state index contributed by atoms with van der Waals surface area (Å²) in [4.78, 5) is 2.47. The van der Waals surface area contributed by atoms with Crippen molar-refractivity contribution in [3.05, 3.63) is 261 Å². The van der Waals surface area contributed by atoms with Crippen molar-refractivity contribution < 1.29 is 0 Å². The maximum absolute atomic E-state index is 2.47. The Kier molecular flexibility index (Phi) is 9.58. The van der Waals surface area contributed by atoms with E-state index in [0.29, 0.717) is 0 Å². The first kappa shape index (κ1) is 38.2. The molecule has 0 atom stereocenters. The van der Waals surface area contributed by atoms with E-state index in [1.54, 1.807) is 0 Å². The number of benzene rings is 12. The van der Waals surface area contributed by atoms with Crippen LogP contribution in [0.15, 0.2) is 261 Å². The summed E-state index contributed by atoms with van der Waals surface area (Å²) in [5.74, 6) is 0. The quantitative estimate of drug-likeness (QED) is 0.131. The van der Waals surface area contributed by atoms with Gasteiger partial charge in [-0.15, -0.1) is 0 Å². The Labute approximate surface area is 380 Å². The SMILES string of the molecule is c1ccc(-c2ccc(N(c3ccc(-c4ccc5ccc6c(-c7ccccc7)ccc7ccc4c5c76)cc3)c3c(-c4ccccc4)cc(-c4ccccc4)cc3-c3ccccc3)cc2)cc1. The molecule has 0 spiro atoms. The van der Waals surface area contributed by atoms with Crippen LogP contribution in [0.1, 0.15) is 0 Å². The fourth-order valence-corrected chi connectivity index (χ4v) is 9.90. The van der Waals surface area contributed by atoms with Gasteiger partial charge in [0.05, 0.1) is 5.69 Å². The highest BCUT2D eigenvalue weighted by atomic mass is 15.1. The molecule has 12 aromatic rings. The average Bonchev–Trinajstić information content (AvgIpc) is 3.39. The van der Waals surface area contributed by atoms with Crippen LogP contribution in [0.25, 0.3) is 99.1 Å². The van der Waals surface area contributed by atoms with Gasteiger partial charge in [0.1, 0.15) is 0 Å². The van der Waals surface area contributed by atoms with Crippen molar-refractivity contribution in [2.24, 2.45) is 0 Å². The van der Waals surface area contributed by atoms with Gasteiger partial charge >= 0.3 is 0 Å². The minimum atomic E-state index is 1.08. The normalized spacial score (nSPS) is 11.4. The van der Waals surface area contributed by atoms with Crippen LogP contribution in [0.5, 0.6) is 0 Å². The Bertz CT molecular complexity index is 3520. The molecule has 65 heavy (non-hydrogen) atoms. The number of hydrogen-bond acceptors (Lipinski definition) is 1. The van der Waals surface area contributed by atoms with Crippen LogP contribution >= 0.6 is 0 Å². The topological polar surface area (TPSA) is 3.24 Å². The van der Waals surface area contributed by atoms with Crippen LogP contribution in [0.3, 0.4) is 0 Å². The Morgan fingerprint density at radius 1 is 0.215 bits per heavy atom. The third kappa shape index (κ3) is 6.92. The molecule has 1 heteroatoms. The minimum absolute atomic E-state index is 1.08. The van der Waals surface area contributed by atoms with E-state index in [9.17, 15) is 0 Å². The van der Waals surface area contributed by atoms with Crippen LogP contribution in [-0.4, -0.2) is 0 Å². The van der Waals surface area contributed by atoms with Crippen LogP contribution in [-0.2, 0) is 0 Å². The van der Waals surface area contributed by atoms with Crippen LogP contribution in [0.2, 0.25) is 0 Å². The van der Waals surface area contributed by atoms with E-state index in [1.807, 2.05) is 0 Å². The number of hydrogen-bond donors (Lipinski definition) is 0. The van der Waals surface area contributed by atoms with Gasteiger partial charge in [-0.05, 0) is 124 Å². The molecule has 12 rings (SSSR count). The molecule has 0 aromatic heterocycles. The molecule has 304 valence electrons. The van der Waals surface area contributed by atoms with Crippen molar-refractivity contribution in [1.29, 1.82) is 0 Å². The predicted octanol–water partition coefficient (Wildman–Crippen LogP) is 18.1. The first-order valence-electron chi connectivity index (χ1n) is 22.4. The van der Waals surface area contributed by atoms with Crippen LogP contribution in [0.4, 0.5) is 17.1 Å². The van der Waals surface area contributed by atoms with Gasteiger partial charge in [0.25, 0.3) is 0 Å². The van der Waals surface area contributed by atoms with Crippen molar-refractivity contribution in [3.63, 3.8) is 0 Å². The zero-order valence-electron chi connectivity index (χ0n) is 35.8. The standard InChI is InChI=1S/C64H43N/c1-6-16-44(17-7-1)46-26-34-54(35-27-46)65(64-60(48-22-12-4-13-23-48)42-53(45-18-8-2-9-19-45)43-61(64)49-24-14-5-15-25-49)55-36-28-50(29-37-55)57-39-31-52-32-40-58-56(47-20-10-3-11-21-47)38-30-51-33-41-59(57)63(52)62(51)58/h1-43H. The molecule has 0 radical (unpaired) electrons. The molecule has 0 unspecified atom stereocenters. The highest BCUT2D eigenvalue weighted by Crippen LogP contribution is 2.50. The zero-order valence-corrected chi connectivity index (χ0v) is 35.8. The highest BCUT2D eigenvalue weighted by molar-refractivity contribution is 6.27. The summed E-state index contributed by atoms with van der Waals surface area (Å²) in [7, 11) is 0. The van der Waals surface area contributed by atoms with E-state index >= 15 is 0 Å². The molecule has 0 saturated heterocycles. The Morgan fingerprint density at radius 2 is 0.523 bits per heavy atom. The lowest BCUT2D eigenvalue weighted by atomic mass is 9.87. The van der Waals surface area contributed by atoms with E-state index in [0.717, 1.165) is 39.3 Å². The van der Waals surface area contributed by atoms with E-state index < -0.39 is 0 Å². The molecule has 0 bridgehead atoms. The molecular formula is C64H43N. The lowest BCUT2D eigenvalue weighted by Crippen LogP contribution is -2.13. The summed E-state index contributed by atoms with van der Waals surface area (Å²) in [6.07, 6.45) is 0. The summed E-state index contributed by atoms with van der Waals surface area (Å²) in [6.45, 7) is 0. The van der Waals surface area contributed by atoms with Gasteiger partial charge in [0.15, 0.2) is 0 Å². The van der Waals surface area contributed by atoms with E-state index in [1.165, 1.54) is 76.8 Å². The van der Waals surface area contributed by atoms with Gasteiger partial charge in [-0.2, -0.15) is 0 Å². The summed E-state index contributed by atoms with van der Waals surface area (Å²) >= 11 is 0. The van der Waals surface area contributed by atoms with Gasteiger partial charge in [-0.1, -0.05) is 224 Å². The predicted molar refractivity (Wildman–Crippen MR) is 277 cm³/mol. The first-order valence-corrected chi connectivity index (χ1v) is 22.4. The molecule has 0 aliphatic heterocycles. The van der Waals surface area contributed by atoms with Crippen LogP contribution < -0.4 is 4.90 Å². The lowest BCUT2D eigenvalue weighted by Gasteiger charge is -2.31. The zero-order chi connectivity index (χ0) is 43.1. The first-order chi connectivity index (χ1) is 32.2. The molecular weight excluding hydrogens is 783 g/mol. The summed E-state index contributed by atoms with van der Waals surface area (Å²) in [5.41, 5.74) is 17.5. The van der Waals surface area contributed by atoms with Gasteiger partial charge in [0.2, 0.25) is 0 Å². The molecule has 1 nitrogen and oxygen atoms in total. The molecule has 0 N–H and O–H groups in total. The van der Waals surface area contributed by atoms with Crippen molar-refractivity contribution in [2.75, 3.05) is 4.90 Å². The number of rotatable bonds is 9. The molecule has 12 aromatic carbocycles. The highest BCUT2D eigenvalue weighted by Gasteiger charge is 2.24. The largest absolute Gasteiger partial charge is 0.309 e. The fourth-order valence-electron chi connectivity index (χ4n) is 9.90. The maximum atomic E-state index is 2.47. The Balaban J connectivity index is 1.06. The number of nitrogens with zero attached hydrogens (tertiary/aromatic N) is 1. The van der Waals surface area contributed by atoms with Crippen molar-refractivity contribution in [3.8, 4) is 66.8 Å². The van der Waals surface area contributed by atoms with Gasteiger partial charge in [0, 0.05) is 22.5 Å². The molecule has 0 fully saturated rings. The second-order valence-corrected chi connectivity index (χ2v) is 16.8. The average molecular weight is 826 g/mol. The Morgan fingerprint density at radius 3 is 0.938 bits per heavy atom. The summed E-state index contributed by atoms with van der Waals surface area (Å²) in [6, 6.07) is 95.3. The molecule has 0 saturated carbocycles. The van der Waals surface area contributed by atoms with Crippen molar-refractivity contribution in [1.82, 2.24) is 0 Å². The lowest BCUT2D eigenvalue weighted by molar-refractivity contribution is 1.28. The molecule has 0 amide bonds. The van der Waals surface area contributed by atoms with Gasteiger partial charge in [-0.3, -0.25) is 0 Å². The third-order valence-electron chi connectivity index (χ3n) is 13.0. The van der Waals surface area contributed by atoms with Crippen LogP contribution in [0, 0.1) is 0 Å². The van der Waals surface area contributed by atoms with Gasteiger partial charge < -0.3 is 4.90 Å². The second-order valence-electron chi connectivity index (χ2n) is 16.8. The maximum Gasteiger partial charge on any atom is 0.0618 e. The third-order valence-corrected chi connectivity index (χ3v) is 13.0. The molecule has 0 heterocycles. The Hall–Kier alpha value is -8.52. The van der Waals surface area contributed by atoms with E-state index in [2.05, 4.69) is 266 Å². The number of anilines is 3. The molecule has 0 aliphatic carbocycles. The van der Waals surface area contributed by atoms with Gasteiger partial charge in [-0.25, -0.2) is 0 Å². The van der Waals surface area contributed by atoms with E-state index in [4.69, 9.17) is 0 Å².